The predicted molar refractivity (Wildman–Crippen MR) is 73.6 cm³/mol. The summed E-state index contributed by atoms with van der Waals surface area (Å²) in [6, 6.07) is 4.13. The maximum Gasteiger partial charge on any atom is 0.146 e. The second kappa shape index (κ2) is 5.58. The minimum atomic E-state index is 0.411. The van der Waals surface area contributed by atoms with E-state index in [4.69, 9.17) is 16.9 Å². The SMILES string of the molecule is CCC1CCC(Nc2nccc(C#N)c2Cl)C1C. The number of anilines is 1. The van der Waals surface area contributed by atoms with Crippen LogP contribution in [0.3, 0.4) is 0 Å². The summed E-state index contributed by atoms with van der Waals surface area (Å²) in [5.41, 5.74) is 0.479. The molecule has 1 heterocycles. The van der Waals surface area contributed by atoms with E-state index in [-0.39, 0.29) is 0 Å². The van der Waals surface area contributed by atoms with Crippen LogP contribution < -0.4 is 5.32 Å². The average molecular weight is 264 g/mol. The van der Waals surface area contributed by atoms with E-state index in [0.29, 0.717) is 28.4 Å². The summed E-state index contributed by atoms with van der Waals surface area (Å²) < 4.78 is 0. The van der Waals surface area contributed by atoms with E-state index < -0.39 is 0 Å². The van der Waals surface area contributed by atoms with Gasteiger partial charge in [0.1, 0.15) is 16.9 Å². The minimum Gasteiger partial charge on any atom is -0.366 e. The van der Waals surface area contributed by atoms with Crippen LogP contribution >= 0.6 is 11.6 Å². The zero-order valence-electron chi connectivity index (χ0n) is 10.8. The smallest absolute Gasteiger partial charge is 0.146 e. The van der Waals surface area contributed by atoms with E-state index in [0.717, 1.165) is 12.3 Å². The van der Waals surface area contributed by atoms with Gasteiger partial charge in [0, 0.05) is 12.2 Å². The van der Waals surface area contributed by atoms with Crippen molar-refractivity contribution < 1.29 is 0 Å². The fourth-order valence-electron chi connectivity index (χ4n) is 2.83. The van der Waals surface area contributed by atoms with Crippen LogP contribution in [-0.4, -0.2) is 11.0 Å². The zero-order chi connectivity index (χ0) is 13.1. The van der Waals surface area contributed by atoms with E-state index in [1.54, 1.807) is 12.3 Å². The van der Waals surface area contributed by atoms with Gasteiger partial charge in [-0.05, 0) is 30.7 Å². The number of nitrogens with zero attached hydrogens (tertiary/aromatic N) is 2. The highest BCUT2D eigenvalue weighted by atomic mass is 35.5. The van der Waals surface area contributed by atoms with Crippen LogP contribution in [-0.2, 0) is 0 Å². The third-order valence-electron chi connectivity index (χ3n) is 4.08. The monoisotopic (exact) mass is 263 g/mol. The van der Waals surface area contributed by atoms with Crippen LogP contribution in [0.4, 0.5) is 5.82 Å². The van der Waals surface area contributed by atoms with Crippen molar-refractivity contribution in [1.82, 2.24) is 4.98 Å². The summed E-state index contributed by atoms with van der Waals surface area (Å²) in [6.07, 6.45) is 5.25. The van der Waals surface area contributed by atoms with E-state index >= 15 is 0 Å². The van der Waals surface area contributed by atoms with Crippen molar-refractivity contribution in [1.29, 1.82) is 5.26 Å². The van der Waals surface area contributed by atoms with Crippen molar-refractivity contribution in [2.45, 2.75) is 39.2 Å². The Morgan fingerprint density at radius 2 is 2.33 bits per heavy atom. The van der Waals surface area contributed by atoms with Crippen molar-refractivity contribution >= 4 is 17.4 Å². The topological polar surface area (TPSA) is 48.7 Å². The number of hydrogen-bond donors (Lipinski definition) is 1. The highest BCUT2D eigenvalue weighted by Gasteiger charge is 2.32. The molecule has 0 aromatic carbocycles. The fourth-order valence-corrected chi connectivity index (χ4v) is 3.04. The normalized spacial score (nSPS) is 26.9. The van der Waals surface area contributed by atoms with Gasteiger partial charge in [-0.3, -0.25) is 0 Å². The number of aromatic nitrogens is 1. The Labute approximate surface area is 113 Å². The Bertz CT molecular complexity index is 467. The first-order valence-electron chi connectivity index (χ1n) is 6.48. The first-order chi connectivity index (χ1) is 8.67. The molecule has 1 aliphatic rings. The maximum atomic E-state index is 8.95. The third-order valence-corrected chi connectivity index (χ3v) is 4.47. The van der Waals surface area contributed by atoms with Crippen LogP contribution in [0.5, 0.6) is 0 Å². The number of hydrogen-bond acceptors (Lipinski definition) is 3. The van der Waals surface area contributed by atoms with Crippen molar-refractivity contribution in [2.24, 2.45) is 11.8 Å². The molecule has 96 valence electrons. The molecule has 1 aliphatic carbocycles. The zero-order valence-corrected chi connectivity index (χ0v) is 11.5. The summed E-state index contributed by atoms with van der Waals surface area (Å²) in [6.45, 7) is 4.52. The Balaban J connectivity index is 2.14. The van der Waals surface area contributed by atoms with Crippen molar-refractivity contribution in [3.63, 3.8) is 0 Å². The Kier molecular flexibility index (Phi) is 4.08. The molecule has 1 N–H and O–H groups in total. The molecule has 1 fully saturated rings. The van der Waals surface area contributed by atoms with E-state index in [9.17, 15) is 0 Å². The summed E-state index contributed by atoms with van der Waals surface area (Å²) >= 11 is 6.16. The van der Waals surface area contributed by atoms with Gasteiger partial charge in [-0.15, -0.1) is 0 Å². The molecule has 1 aromatic heterocycles. The molecule has 1 aromatic rings. The largest absolute Gasteiger partial charge is 0.366 e. The molecule has 0 aliphatic heterocycles. The van der Waals surface area contributed by atoms with Gasteiger partial charge in [-0.1, -0.05) is 31.9 Å². The number of nitrogens with one attached hydrogen (secondary N) is 1. The van der Waals surface area contributed by atoms with Gasteiger partial charge in [0.15, 0.2) is 0 Å². The summed E-state index contributed by atoms with van der Waals surface area (Å²) in [7, 11) is 0. The fraction of sp³-hybridized carbons (Fsp3) is 0.571. The quantitative estimate of drug-likeness (QED) is 0.901. The van der Waals surface area contributed by atoms with Crippen LogP contribution in [0.15, 0.2) is 12.3 Å². The van der Waals surface area contributed by atoms with Crippen molar-refractivity contribution in [3.8, 4) is 6.07 Å². The lowest BCUT2D eigenvalue weighted by atomic mass is 9.93. The number of pyridine rings is 1. The highest BCUT2D eigenvalue weighted by Crippen LogP contribution is 2.36. The van der Waals surface area contributed by atoms with Crippen molar-refractivity contribution in [3.05, 3.63) is 22.8 Å². The van der Waals surface area contributed by atoms with Gasteiger partial charge >= 0.3 is 0 Å². The highest BCUT2D eigenvalue weighted by molar-refractivity contribution is 6.34. The van der Waals surface area contributed by atoms with E-state index in [1.165, 1.54) is 12.8 Å². The van der Waals surface area contributed by atoms with Crippen LogP contribution in [0.25, 0.3) is 0 Å². The Morgan fingerprint density at radius 3 is 2.94 bits per heavy atom. The Morgan fingerprint density at radius 1 is 1.56 bits per heavy atom. The van der Waals surface area contributed by atoms with Gasteiger partial charge < -0.3 is 5.32 Å². The molecular weight excluding hydrogens is 246 g/mol. The second-order valence-corrected chi connectivity index (χ2v) is 5.37. The maximum absolute atomic E-state index is 8.95. The van der Waals surface area contributed by atoms with Gasteiger partial charge in [-0.25, -0.2) is 4.98 Å². The second-order valence-electron chi connectivity index (χ2n) is 4.99. The standard InChI is InChI=1S/C14H18ClN3/c1-3-10-4-5-12(9(10)2)18-14-13(15)11(8-16)6-7-17-14/h6-7,9-10,12H,3-5H2,1-2H3,(H,17,18). The molecule has 2 rings (SSSR count). The lowest BCUT2D eigenvalue weighted by Crippen LogP contribution is -2.25. The van der Waals surface area contributed by atoms with Crippen LogP contribution in [0.1, 0.15) is 38.7 Å². The number of nitriles is 1. The number of rotatable bonds is 3. The molecule has 0 bridgehead atoms. The van der Waals surface area contributed by atoms with Gasteiger partial charge in [0.2, 0.25) is 0 Å². The van der Waals surface area contributed by atoms with Gasteiger partial charge in [0.05, 0.1) is 5.56 Å². The molecule has 3 atom stereocenters. The first-order valence-corrected chi connectivity index (χ1v) is 6.86. The molecule has 3 nitrogen and oxygen atoms in total. The van der Waals surface area contributed by atoms with Gasteiger partial charge in [-0.2, -0.15) is 5.26 Å². The lowest BCUT2D eigenvalue weighted by molar-refractivity contribution is 0.391. The molecule has 3 unspecified atom stereocenters. The van der Waals surface area contributed by atoms with Crippen LogP contribution in [0.2, 0.25) is 5.02 Å². The first kappa shape index (κ1) is 13.2. The molecule has 4 heteroatoms. The average Bonchev–Trinajstić information content (AvgIpc) is 2.73. The van der Waals surface area contributed by atoms with Crippen LogP contribution in [0, 0.1) is 23.2 Å². The molecular formula is C14H18ClN3. The Hall–Kier alpha value is -1.27. The minimum absolute atomic E-state index is 0.411. The van der Waals surface area contributed by atoms with E-state index in [1.807, 2.05) is 0 Å². The summed E-state index contributed by atoms with van der Waals surface area (Å²) in [5, 5.41) is 12.8. The molecule has 1 saturated carbocycles. The van der Waals surface area contributed by atoms with E-state index in [2.05, 4.69) is 30.2 Å². The lowest BCUT2D eigenvalue weighted by Gasteiger charge is -2.22. The molecule has 0 radical (unpaired) electrons. The third kappa shape index (κ3) is 2.44. The molecule has 0 spiro atoms. The summed E-state index contributed by atoms with van der Waals surface area (Å²) in [5.74, 6) is 2.04. The summed E-state index contributed by atoms with van der Waals surface area (Å²) in [4.78, 5) is 4.24. The molecule has 0 amide bonds. The van der Waals surface area contributed by atoms with Gasteiger partial charge in [0.25, 0.3) is 0 Å². The molecule has 18 heavy (non-hydrogen) atoms. The predicted octanol–water partition coefficient (Wildman–Crippen LogP) is 3.84. The molecule has 0 saturated heterocycles. The number of halogens is 1. The van der Waals surface area contributed by atoms with Crippen molar-refractivity contribution in [2.75, 3.05) is 5.32 Å².